The van der Waals surface area contributed by atoms with Gasteiger partial charge < -0.3 is 5.32 Å². The van der Waals surface area contributed by atoms with Gasteiger partial charge in [-0.1, -0.05) is 32.1 Å². The van der Waals surface area contributed by atoms with Gasteiger partial charge in [-0.15, -0.1) is 11.8 Å². The predicted octanol–water partition coefficient (Wildman–Crippen LogP) is 3.28. The van der Waals surface area contributed by atoms with Crippen LogP contribution in [0.4, 0.5) is 5.82 Å². The molecule has 3 heterocycles. The minimum absolute atomic E-state index is 0.0520. The number of anilines is 1. The topological polar surface area (TPSA) is 84.7 Å². The molecule has 2 aromatic rings. The summed E-state index contributed by atoms with van der Waals surface area (Å²) in [5, 5.41) is 10.2. The van der Waals surface area contributed by atoms with E-state index < -0.39 is 0 Å². The Morgan fingerprint density at radius 1 is 1.15 bits per heavy atom. The summed E-state index contributed by atoms with van der Waals surface area (Å²) < 4.78 is 3.77. The molecule has 1 atom stereocenters. The number of rotatable bonds is 2. The second-order valence-corrected chi connectivity index (χ2v) is 8.71. The number of nitrogens with one attached hydrogen (secondary N) is 2. The van der Waals surface area contributed by atoms with Gasteiger partial charge in [-0.3, -0.25) is 24.1 Å². The van der Waals surface area contributed by atoms with Crippen LogP contribution in [-0.2, 0) is 11.8 Å². The van der Waals surface area contributed by atoms with Crippen LogP contribution in [-0.4, -0.2) is 31.2 Å². The number of fused-ring (bicyclic) bond motifs is 1. The number of aromatic nitrogens is 4. The van der Waals surface area contributed by atoms with Crippen LogP contribution >= 0.6 is 11.8 Å². The standard InChI is InChI=1S/C19H27N5O2S/c1-12-14(10-20-23(12)2)17-16-18(21-15(25)11-27-17)24(22-19(16)26)13-8-6-4-3-5-7-9-13/h10,13,17H,3-9,11H2,1-2H3,(H,21,25)(H,22,26). The Balaban J connectivity index is 1.79. The Bertz CT molecular complexity index is 889. The van der Waals surface area contributed by atoms with E-state index in [9.17, 15) is 9.59 Å². The number of thioether (sulfide) groups is 1. The number of carbonyl (C=O) groups is 1. The molecule has 1 aliphatic heterocycles. The molecular weight excluding hydrogens is 362 g/mol. The second kappa shape index (κ2) is 7.58. The van der Waals surface area contributed by atoms with Crippen molar-refractivity contribution in [3.63, 3.8) is 0 Å². The van der Waals surface area contributed by atoms with Gasteiger partial charge in [0, 0.05) is 18.3 Å². The molecule has 8 heteroatoms. The first-order valence-corrected chi connectivity index (χ1v) is 10.9. The zero-order chi connectivity index (χ0) is 19.0. The van der Waals surface area contributed by atoms with E-state index in [0.29, 0.717) is 17.1 Å². The van der Waals surface area contributed by atoms with E-state index in [1.807, 2.05) is 29.5 Å². The summed E-state index contributed by atoms with van der Waals surface area (Å²) in [5.74, 6) is 0.940. The molecule has 27 heavy (non-hydrogen) atoms. The maximum absolute atomic E-state index is 13.0. The number of H-pyrrole nitrogens is 1. The van der Waals surface area contributed by atoms with E-state index in [0.717, 1.165) is 36.9 Å². The summed E-state index contributed by atoms with van der Waals surface area (Å²) >= 11 is 1.50. The third-order valence-electron chi connectivity index (χ3n) is 5.86. The normalized spacial score (nSPS) is 21.9. The van der Waals surface area contributed by atoms with Gasteiger partial charge in [-0.2, -0.15) is 5.10 Å². The number of nitrogens with zero attached hydrogens (tertiary/aromatic N) is 3. The predicted molar refractivity (Wildman–Crippen MR) is 107 cm³/mol. The van der Waals surface area contributed by atoms with Crippen LogP contribution in [0.15, 0.2) is 11.0 Å². The van der Waals surface area contributed by atoms with Crippen molar-refractivity contribution in [3.05, 3.63) is 33.4 Å². The van der Waals surface area contributed by atoms with E-state index in [1.165, 1.54) is 31.0 Å². The van der Waals surface area contributed by atoms with Gasteiger partial charge in [0.1, 0.15) is 5.82 Å². The number of carbonyl (C=O) groups excluding carboxylic acids is 1. The quantitative estimate of drug-likeness (QED) is 0.825. The number of aryl methyl sites for hydroxylation is 1. The number of amides is 1. The molecule has 7 nitrogen and oxygen atoms in total. The third kappa shape index (κ3) is 3.47. The summed E-state index contributed by atoms with van der Waals surface area (Å²) in [4.78, 5) is 25.4. The molecule has 2 aromatic heterocycles. The van der Waals surface area contributed by atoms with Crippen molar-refractivity contribution in [1.82, 2.24) is 19.6 Å². The number of hydrogen-bond acceptors (Lipinski definition) is 4. The fourth-order valence-corrected chi connectivity index (χ4v) is 5.42. The highest BCUT2D eigenvalue weighted by atomic mass is 32.2. The molecule has 2 aliphatic rings. The largest absolute Gasteiger partial charge is 0.310 e. The Hall–Kier alpha value is -1.96. The van der Waals surface area contributed by atoms with Gasteiger partial charge >= 0.3 is 0 Å². The van der Waals surface area contributed by atoms with Crippen LogP contribution in [0.3, 0.4) is 0 Å². The molecule has 0 bridgehead atoms. The lowest BCUT2D eigenvalue weighted by Crippen LogP contribution is -2.20. The number of hydrogen-bond donors (Lipinski definition) is 2. The van der Waals surface area contributed by atoms with Crippen LogP contribution in [0.2, 0.25) is 0 Å². The maximum Gasteiger partial charge on any atom is 0.270 e. The smallest absolute Gasteiger partial charge is 0.270 e. The third-order valence-corrected chi connectivity index (χ3v) is 7.11. The summed E-state index contributed by atoms with van der Waals surface area (Å²) in [7, 11) is 1.90. The molecule has 1 amide bonds. The fourth-order valence-electron chi connectivity index (χ4n) is 4.23. The molecule has 4 rings (SSSR count). The Morgan fingerprint density at radius 3 is 2.52 bits per heavy atom. The Kier molecular flexibility index (Phi) is 5.16. The van der Waals surface area contributed by atoms with Crippen molar-refractivity contribution in [2.75, 3.05) is 11.1 Å². The molecule has 0 aromatic carbocycles. The molecule has 1 aliphatic carbocycles. The monoisotopic (exact) mass is 389 g/mol. The molecule has 0 spiro atoms. The molecule has 1 unspecified atom stereocenters. The van der Waals surface area contributed by atoms with Crippen molar-refractivity contribution in [3.8, 4) is 0 Å². The van der Waals surface area contributed by atoms with Gasteiger partial charge in [-0.25, -0.2) is 0 Å². The molecule has 1 saturated carbocycles. The van der Waals surface area contributed by atoms with Crippen LogP contribution in [0.25, 0.3) is 0 Å². The summed E-state index contributed by atoms with van der Waals surface area (Å²) in [6, 6.07) is 0.237. The van der Waals surface area contributed by atoms with Crippen molar-refractivity contribution in [1.29, 1.82) is 0 Å². The fraction of sp³-hybridized carbons (Fsp3) is 0.632. The Labute approximate surface area is 162 Å². The van der Waals surface area contributed by atoms with Gasteiger partial charge in [0.05, 0.1) is 28.8 Å². The van der Waals surface area contributed by atoms with E-state index in [2.05, 4.69) is 15.5 Å². The Morgan fingerprint density at radius 2 is 1.85 bits per heavy atom. The SMILES string of the molecule is Cc1c(C2SCC(=O)Nc3c2c(=O)[nH]n3C2CCCCCCC2)cnn1C. The summed E-state index contributed by atoms with van der Waals surface area (Å²) in [6.45, 7) is 2.00. The lowest BCUT2D eigenvalue weighted by atomic mass is 9.97. The second-order valence-electron chi connectivity index (χ2n) is 7.62. The van der Waals surface area contributed by atoms with Gasteiger partial charge in [0.15, 0.2) is 0 Å². The average Bonchev–Trinajstić information content (AvgIpc) is 3.03. The van der Waals surface area contributed by atoms with Crippen LogP contribution in [0.5, 0.6) is 0 Å². The zero-order valence-electron chi connectivity index (χ0n) is 16.0. The van der Waals surface area contributed by atoms with Gasteiger partial charge in [0.25, 0.3) is 5.56 Å². The maximum atomic E-state index is 13.0. The molecule has 2 N–H and O–H groups in total. The molecule has 146 valence electrons. The van der Waals surface area contributed by atoms with Crippen molar-refractivity contribution in [2.24, 2.45) is 7.05 Å². The average molecular weight is 390 g/mol. The van der Waals surface area contributed by atoms with Crippen molar-refractivity contribution in [2.45, 2.75) is 63.2 Å². The zero-order valence-corrected chi connectivity index (χ0v) is 16.8. The number of aromatic amines is 1. The highest BCUT2D eigenvalue weighted by Crippen LogP contribution is 2.42. The minimum atomic E-state index is -0.189. The molecule has 1 fully saturated rings. The summed E-state index contributed by atoms with van der Waals surface area (Å²) in [6.07, 6.45) is 9.99. The lowest BCUT2D eigenvalue weighted by Gasteiger charge is -2.23. The van der Waals surface area contributed by atoms with Crippen LogP contribution < -0.4 is 10.9 Å². The van der Waals surface area contributed by atoms with Crippen molar-refractivity contribution >= 4 is 23.5 Å². The van der Waals surface area contributed by atoms with E-state index in [-0.39, 0.29) is 22.8 Å². The van der Waals surface area contributed by atoms with Crippen molar-refractivity contribution < 1.29 is 4.79 Å². The van der Waals surface area contributed by atoms with Crippen LogP contribution in [0, 0.1) is 6.92 Å². The summed E-state index contributed by atoms with van der Waals surface area (Å²) in [5.41, 5.74) is 2.58. The van der Waals surface area contributed by atoms with E-state index >= 15 is 0 Å². The first kappa shape index (κ1) is 18.4. The first-order valence-electron chi connectivity index (χ1n) is 9.80. The van der Waals surface area contributed by atoms with E-state index in [1.54, 1.807) is 0 Å². The lowest BCUT2D eigenvalue weighted by molar-refractivity contribution is -0.113. The first-order chi connectivity index (χ1) is 13.1. The molecular formula is C19H27N5O2S. The minimum Gasteiger partial charge on any atom is -0.310 e. The highest BCUT2D eigenvalue weighted by Gasteiger charge is 2.33. The molecule has 0 radical (unpaired) electrons. The molecule has 0 saturated heterocycles. The van der Waals surface area contributed by atoms with Crippen LogP contribution in [0.1, 0.15) is 73.1 Å². The van der Waals surface area contributed by atoms with Gasteiger partial charge in [-0.05, 0) is 19.8 Å². The van der Waals surface area contributed by atoms with E-state index in [4.69, 9.17) is 0 Å². The highest BCUT2D eigenvalue weighted by molar-refractivity contribution is 8.00. The van der Waals surface area contributed by atoms with Gasteiger partial charge in [0.2, 0.25) is 5.91 Å².